The average molecular weight is 643 g/mol. The van der Waals surface area contributed by atoms with Crippen molar-refractivity contribution in [3.63, 3.8) is 0 Å². The summed E-state index contributed by atoms with van der Waals surface area (Å²) in [6, 6.07) is 0. The lowest BCUT2D eigenvalue weighted by Gasteiger charge is -2.61. The van der Waals surface area contributed by atoms with Gasteiger partial charge in [-0.3, -0.25) is 0 Å². The molecule has 262 valence electrons. The van der Waals surface area contributed by atoms with Crippen LogP contribution in [0.25, 0.3) is 0 Å². The highest BCUT2D eigenvalue weighted by atomic mass is 16.7. The van der Waals surface area contributed by atoms with E-state index < -0.39 is 16.8 Å². The van der Waals surface area contributed by atoms with E-state index >= 15 is 0 Å². The smallest absolute Gasteiger partial charge is 0.129 e. The first-order valence-corrected chi connectivity index (χ1v) is 18.2. The van der Waals surface area contributed by atoms with E-state index in [4.69, 9.17) is 47.4 Å². The van der Waals surface area contributed by atoms with E-state index in [0.717, 1.165) is 97.2 Å². The van der Waals surface area contributed by atoms with Crippen molar-refractivity contribution in [3.05, 3.63) is 0 Å². The highest BCUT2D eigenvalue weighted by Crippen LogP contribution is 2.54. The van der Waals surface area contributed by atoms with Crippen LogP contribution in [0.2, 0.25) is 0 Å². The number of rotatable bonds is 30. The van der Waals surface area contributed by atoms with Crippen molar-refractivity contribution in [3.8, 4) is 0 Å². The molecule has 10 nitrogen and oxygen atoms in total. The minimum atomic E-state index is -0.852. The molecule has 0 bridgehead atoms. The molecule has 5 heterocycles. The van der Waals surface area contributed by atoms with Gasteiger partial charge in [0.1, 0.15) is 47.3 Å². The van der Waals surface area contributed by atoms with Gasteiger partial charge in [0.25, 0.3) is 0 Å². The van der Waals surface area contributed by atoms with Crippen molar-refractivity contribution in [1.29, 1.82) is 0 Å². The third-order valence-electron chi connectivity index (χ3n) is 10.1. The van der Waals surface area contributed by atoms with Crippen LogP contribution in [0.1, 0.15) is 98.3 Å². The molecule has 0 radical (unpaired) electrons. The number of unbranched alkanes of at least 4 members (excludes halogenated alkanes) is 3. The predicted octanol–water partition coefficient (Wildman–Crippen LogP) is 5.02. The molecule has 9 atom stereocenters. The Bertz CT molecular complexity index is 842. The van der Waals surface area contributed by atoms with Crippen LogP contribution < -0.4 is 0 Å². The van der Waals surface area contributed by atoms with Gasteiger partial charge >= 0.3 is 0 Å². The van der Waals surface area contributed by atoms with Crippen molar-refractivity contribution < 1.29 is 47.4 Å². The lowest BCUT2D eigenvalue weighted by Crippen LogP contribution is -2.75. The van der Waals surface area contributed by atoms with Crippen LogP contribution >= 0.6 is 0 Å². The Morgan fingerprint density at radius 2 is 1.13 bits per heavy atom. The first-order chi connectivity index (χ1) is 22.0. The summed E-state index contributed by atoms with van der Waals surface area (Å²) in [6.45, 7) is 15.9. The Balaban J connectivity index is 1.60. The van der Waals surface area contributed by atoms with E-state index in [1.54, 1.807) is 0 Å². The second kappa shape index (κ2) is 17.3. The monoisotopic (exact) mass is 642 g/mol. The Morgan fingerprint density at radius 3 is 1.69 bits per heavy atom. The normalized spacial score (nSPS) is 31.1. The van der Waals surface area contributed by atoms with Crippen molar-refractivity contribution in [2.45, 2.75) is 152 Å². The SMILES string of the molecule is CCCCCC(OCC1CO1)C(CCCC)(OCC1CO1)C(CCC)(OCC1CO1)C(CC)(CCOCC1CO1)OCC1CO1. The van der Waals surface area contributed by atoms with Gasteiger partial charge in [-0.15, -0.1) is 0 Å². The molecule has 5 saturated heterocycles. The molecule has 45 heavy (non-hydrogen) atoms. The average Bonchev–Trinajstić information content (AvgIpc) is 3.86. The van der Waals surface area contributed by atoms with Gasteiger partial charge in [-0.2, -0.15) is 0 Å². The van der Waals surface area contributed by atoms with Gasteiger partial charge in [-0.05, 0) is 25.7 Å². The Hall–Kier alpha value is -0.400. The van der Waals surface area contributed by atoms with E-state index in [-0.39, 0.29) is 36.6 Å². The van der Waals surface area contributed by atoms with Crippen LogP contribution in [0, 0.1) is 0 Å². The van der Waals surface area contributed by atoms with Crippen LogP contribution in [0.3, 0.4) is 0 Å². The molecule has 0 amide bonds. The van der Waals surface area contributed by atoms with Gasteiger partial charge in [0.15, 0.2) is 0 Å². The van der Waals surface area contributed by atoms with Crippen LogP contribution in [-0.4, -0.2) is 126 Å². The molecule has 0 aromatic carbocycles. The molecule has 0 aromatic rings. The van der Waals surface area contributed by atoms with Gasteiger partial charge in [0, 0.05) is 13.0 Å². The van der Waals surface area contributed by atoms with E-state index in [0.29, 0.717) is 46.1 Å². The number of ether oxygens (including phenoxy) is 10. The van der Waals surface area contributed by atoms with E-state index in [1.807, 2.05) is 0 Å². The summed E-state index contributed by atoms with van der Waals surface area (Å²) in [6.07, 6.45) is 10.5. The maximum atomic E-state index is 7.47. The van der Waals surface area contributed by atoms with Crippen molar-refractivity contribution in [2.75, 3.05) is 72.7 Å². The molecule has 5 rings (SSSR count). The molecule has 9 unspecified atom stereocenters. The zero-order chi connectivity index (χ0) is 31.6. The largest absolute Gasteiger partial charge is 0.379 e. The Kier molecular flexibility index (Phi) is 13.8. The molecule has 5 aliphatic rings. The Morgan fingerprint density at radius 1 is 0.578 bits per heavy atom. The van der Waals surface area contributed by atoms with Crippen LogP contribution in [0.15, 0.2) is 0 Å². The van der Waals surface area contributed by atoms with Crippen molar-refractivity contribution >= 4 is 0 Å². The summed E-state index contributed by atoms with van der Waals surface area (Å²) in [5.41, 5.74) is -2.38. The third kappa shape index (κ3) is 10.1. The summed E-state index contributed by atoms with van der Waals surface area (Å²) in [7, 11) is 0. The second-order valence-electron chi connectivity index (χ2n) is 13.8. The Labute approximate surface area is 271 Å². The summed E-state index contributed by atoms with van der Waals surface area (Å²) in [4.78, 5) is 0. The quantitative estimate of drug-likeness (QED) is 0.0783. The molecule has 5 aliphatic heterocycles. The minimum absolute atomic E-state index is 0.0841. The molecule has 10 heteroatoms. The van der Waals surface area contributed by atoms with Gasteiger partial charge in [-0.1, -0.05) is 66.2 Å². The highest BCUT2D eigenvalue weighted by Gasteiger charge is 2.68. The summed E-state index contributed by atoms with van der Waals surface area (Å²) in [5.74, 6) is 0. The lowest BCUT2D eigenvalue weighted by molar-refractivity contribution is -0.331. The molecule has 0 N–H and O–H groups in total. The lowest BCUT2D eigenvalue weighted by atomic mass is 9.61. The molecular weight excluding hydrogens is 580 g/mol. The van der Waals surface area contributed by atoms with E-state index in [2.05, 4.69) is 27.7 Å². The fraction of sp³-hybridized carbons (Fsp3) is 1.00. The maximum Gasteiger partial charge on any atom is 0.129 e. The number of hydrogen-bond donors (Lipinski definition) is 0. The number of epoxide rings is 5. The molecule has 0 aliphatic carbocycles. The molecular formula is C35H62O10. The van der Waals surface area contributed by atoms with Gasteiger partial charge in [-0.25, -0.2) is 0 Å². The fourth-order valence-electron chi connectivity index (χ4n) is 7.06. The third-order valence-corrected chi connectivity index (χ3v) is 10.1. The zero-order valence-electron chi connectivity index (χ0n) is 28.6. The highest BCUT2D eigenvalue weighted by molar-refractivity contribution is 5.18. The second-order valence-corrected chi connectivity index (χ2v) is 13.8. The van der Waals surface area contributed by atoms with Crippen LogP contribution in [0.4, 0.5) is 0 Å². The summed E-state index contributed by atoms with van der Waals surface area (Å²) >= 11 is 0. The topological polar surface area (TPSA) is 109 Å². The van der Waals surface area contributed by atoms with Crippen molar-refractivity contribution in [2.24, 2.45) is 0 Å². The van der Waals surface area contributed by atoms with E-state index in [1.165, 1.54) is 0 Å². The molecule has 0 saturated carbocycles. The first kappa shape index (κ1) is 35.9. The van der Waals surface area contributed by atoms with Crippen LogP contribution in [0.5, 0.6) is 0 Å². The summed E-state index contributed by atoms with van der Waals surface area (Å²) < 4.78 is 63.7. The molecule has 0 spiro atoms. The maximum absolute atomic E-state index is 7.47. The fourth-order valence-corrected chi connectivity index (χ4v) is 7.06. The molecule has 5 fully saturated rings. The van der Waals surface area contributed by atoms with Crippen LogP contribution in [-0.2, 0) is 47.4 Å². The van der Waals surface area contributed by atoms with Crippen molar-refractivity contribution in [1.82, 2.24) is 0 Å². The first-order valence-electron chi connectivity index (χ1n) is 18.2. The number of hydrogen-bond acceptors (Lipinski definition) is 10. The van der Waals surface area contributed by atoms with Gasteiger partial charge in [0.05, 0.1) is 72.2 Å². The summed E-state index contributed by atoms with van der Waals surface area (Å²) in [5, 5.41) is 0. The minimum Gasteiger partial charge on any atom is -0.379 e. The standard InChI is InChI=1S/C35H62O10/c1-5-9-11-12-32(42-23-28-19-38-28)34(14-10-6-2,44-25-30-21-40-30)35(13-7-3,45-26-31-22-41-31)33(8-4,43-24-29-20-39-29)15-16-36-17-27-18-37-27/h27-32H,5-26H2,1-4H3. The van der Waals surface area contributed by atoms with E-state index in [9.17, 15) is 0 Å². The van der Waals surface area contributed by atoms with Gasteiger partial charge in [0.2, 0.25) is 0 Å². The zero-order valence-corrected chi connectivity index (χ0v) is 28.6. The van der Waals surface area contributed by atoms with Gasteiger partial charge < -0.3 is 47.4 Å². The molecule has 0 aromatic heterocycles. The predicted molar refractivity (Wildman–Crippen MR) is 169 cm³/mol.